The largest absolute Gasteiger partial charge is 0.496 e. The van der Waals surface area contributed by atoms with Gasteiger partial charge < -0.3 is 18.6 Å². The van der Waals surface area contributed by atoms with Crippen molar-refractivity contribution in [3.05, 3.63) is 69.1 Å². The van der Waals surface area contributed by atoms with E-state index in [-0.39, 0.29) is 24.1 Å². The molecule has 0 unspecified atom stereocenters. The average molecular weight is 466 g/mol. The van der Waals surface area contributed by atoms with Gasteiger partial charge in [0, 0.05) is 31.0 Å². The maximum atomic E-state index is 12.2. The van der Waals surface area contributed by atoms with E-state index in [2.05, 4.69) is 11.0 Å². The molecule has 1 aliphatic heterocycles. The van der Waals surface area contributed by atoms with Crippen LogP contribution < -0.4 is 15.1 Å². The molecular formula is C27H31NO6. The number of para-hydroxylation sites is 1. The molecule has 0 fully saturated rings. The summed E-state index contributed by atoms with van der Waals surface area (Å²) in [5.41, 5.74) is 3.90. The normalized spacial score (nSPS) is 13.6. The fraction of sp³-hybridized carbons (Fsp3) is 0.407. The Morgan fingerprint density at radius 1 is 1.15 bits per heavy atom. The average Bonchev–Trinajstić information content (AvgIpc) is 2.81. The SMILES string of the molecule is COc1ccccc1CCN1COc2c(CCC(=O)OC(C)C)cc3c(C)cc(=O)oc3c2C1. The summed E-state index contributed by atoms with van der Waals surface area (Å²) < 4.78 is 22.6. The van der Waals surface area contributed by atoms with Gasteiger partial charge in [-0.3, -0.25) is 9.69 Å². The Morgan fingerprint density at radius 3 is 2.71 bits per heavy atom. The molecule has 7 heteroatoms. The molecule has 0 radical (unpaired) electrons. The fourth-order valence-electron chi connectivity index (χ4n) is 4.38. The first-order valence-electron chi connectivity index (χ1n) is 11.6. The number of hydrogen-bond acceptors (Lipinski definition) is 7. The lowest BCUT2D eigenvalue weighted by Gasteiger charge is -2.31. The summed E-state index contributed by atoms with van der Waals surface area (Å²) in [5, 5.41) is 0.862. The highest BCUT2D eigenvalue weighted by Gasteiger charge is 2.26. The molecule has 0 N–H and O–H groups in total. The first kappa shape index (κ1) is 23.8. The van der Waals surface area contributed by atoms with Crippen molar-refractivity contribution in [3.63, 3.8) is 0 Å². The van der Waals surface area contributed by atoms with Crippen molar-refractivity contribution in [2.24, 2.45) is 0 Å². The number of carbonyl (C=O) groups is 1. The van der Waals surface area contributed by atoms with E-state index in [4.69, 9.17) is 18.6 Å². The molecule has 4 rings (SSSR count). The van der Waals surface area contributed by atoms with E-state index in [1.165, 1.54) is 6.07 Å². The van der Waals surface area contributed by atoms with Gasteiger partial charge in [-0.15, -0.1) is 0 Å². The number of rotatable bonds is 8. The molecule has 0 spiro atoms. The highest BCUT2D eigenvalue weighted by molar-refractivity contribution is 5.86. The summed E-state index contributed by atoms with van der Waals surface area (Å²) in [5.74, 6) is 1.32. The van der Waals surface area contributed by atoms with Gasteiger partial charge in [-0.1, -0.05) is 18.2 Å². The minimum Gasteiger partial charge on any atom is -0.496 e. The lowest BCUT2D eigenvalue weighted by molar-refractivity contribution is -0.147. The van der Waals surface area contributed by atoms with Gasteiger partial charge in [0.1, 0.15) is 23.8 Å². The van der Waals surface area contributed by atoms with E-state index in [0.29, 0.717) is 31.0 Å². The molecule has 0 atom stereocenters. The Morgan fingerprint density at radius 2 is 1.94 bits per heavy atom. The van der Waals surface area contributed by atoms with Crippen molar-refractivity contribution in [2.75, 3.05) is 20.4 Å². The number of esters is 1. The van der Waals surface area contributed by atoms with Crippen LogP contribution >= 0.6 is 0 Å². The quantitative estimate of drug-likeness (QED) is 0.361. The van der Waals surface area contributed by atoms with Crippen molar-refractivity contribution >= 4 is 16.9 Å². The number of hydrogen-bond donors (Lipinski definition) is 0. The third-order valence-electron chi connectivity index (χ3n) is 5.99. The van der Waals surface area contributed by atoms with Gasteiger partial charge >= 0.3 is 11.6 Å². The second kappa shape index (κ2) is 10.3. The van der Waals surface area contributed by atoms with E-state index in [0.717, 1.165) is 46.4 Å². The van der Waals surface area contributed by atoms with Gasteiger partial charge in [0.05, 0.1) is 18.8 Å². The van der Waals surface area contributed by atoms with E-state index in [1.807, 2.05) is 45.0 Å². The molecule has 0 bridgehead atoms. The van der Waals surface area contributed by atoms with Crippen LogP contribution in [0.1, 0.15) is 42.5 Å². The van der Waals surface area contributed by atoms with Crippen LogP contribution in [0.15, 0.2) is 45.6 Å². The predicted octanol–water partition coefficient (Wildman–Crippen LogP) is 4.39. The van der Waals surface area contributed by atoms with Crippen molar-refractivity contribution in [1.82, 2.24) is 4.90 Å². The number of carbonyl (C=O) groups excluding carboxylic acids is 1. The number of methoxy groups -OCH3 is 1. The molecule has 0 saturated heterocycles. The molecule has 0 aliphatic carbocycles. The highest BCUT2D eigenvalue weighted by atomic mass is 16.5. The minimum absolute atomic E-state index is 0.150. The van der Waals surface area contributed by atoms with Crippen LogP contribution in [0.4, 0.5) is 0 Å². The van der Waals surface area contributed by atoms with Crippen molar-refractivity contribution < 1.29 is 23.4 Å². The van der Waals surface area contributed by atoms with E-state index >= 15 is 0 Å². The van der Waals surface area contributed by atoms with E-state index < -0.39 is 0 Å². The Hall–Kier alpha value is -3.32. The number of ether oxygens (including phenoxy) is 3. The smallest absolute Gasteiger partial charge is 0.336 e. The first-order chi connectivity index (χ1) is 16.4. The van der Waals surface area contributed by atoms with Gasteiger partial charge in [0.25, 0.3) is 0 Å². The van der Waals surface area contributed by atoms with Crippen LogP contribution in [0.3, 0.4) is 0 Å². The van der Waals surface area contributed by atoms with Crippen molar-refractivity contribution in [3.8, 4) is 11.5 Å². The number of benzene rings is 2. The Balaban J connectivity index is 1.62. The molecule has 1 aliphatic rings. The summed E-state index contributed by atoms with van der Waals surface area (Å²) in [6.07, 6.45) is 1.39. The zero-order valence-corrected chi connectivity index (χ0v) is 20.2. The summed E-state index contributed by atoms with van der Waals surface area (Å²) >= 11 is 0. The standard InChI is InChI=1S/C27H31NO6/c1-17(2)33-24(29)10-9-20-14-21-18(3)13-25(30)34-27(21)22-15-28(16-32-26(20)22)12-11-19-7-5-6-8-23(19)31-4/h5-8,13-14,17H,9-12,15-16H2,1-4H3. The molecular weight excluding hydrogens is 434 g/mol. The number of fused-ring (bicyclic) bond motifs is 3. The summed E-state index contributed by atoms with van der Waals surface area (Å²) in [4.78, 5) is 26.5. The Bertz CT molecular complexity index is 1250. The second-order valence-corrected chi connectivity index (χ2v) is 8.89. The molecule has 3 aromatic rings. The lowest BCUT2D eigenvalue weighted by Crippen LogP contribution is -2.34. The summed E-state index contributed by atoms with van der Waals surface area (Å²) in [6.45, 7) is 7.31. The van der Waals surface area contributed by atoms with Crippen LogP contribution in [0.25, 0.3) is 11.0 Å². The van der Waals surface area contributed by atoms with Crippen molar-refractivity contribution in [2.45, 2.75) is 52.7 Å². The molecule has 180 valence electrons. The van der Waals surface area contributed by atoms with Gasteiger partial charge in [-0.2, -0.15) is 0 Å². The maximum Gasteiger partial charge on any atom is 0.336 e. The van der Waals surface area contributed by atoms with Crippen LogP contribution in [-0.2, 0) is 28.9 Å². The summed E-state index contributed by atoms with van der Waals surface area (Å²) in [6, 6.07) is 11.4. The molecule has 2 heterocycles. The molecule has 0 amide bonds. The maximum absolute atomic E-state index is 12.2. The summed E-state index contributed by atoms with van der Waals surface area (Å²) in [7, 11) is 1.67. The second-order valence-electron chi connectivity index (χ2n) is 8.89. The van der Waals surface area contributed by atoms with Crippen LogP contribution in [-0.4, -0.2) is 37.4 Å². The third kappa shape index (κ3) is 5.25. The monoisotopic (exact) mass is 465 g/mol. The van der Waals surface area contributed by atoms with Crippen molar-refractivity contribution in [1.29, 1.82) is 0 Å². The molecule has 1 aromatic heterocycles. The highest BCUT2D eigenvalue weighted by Crippen LogP contribution is 2.37. The lowest BCUT2D eigenvalue weighted by atomic mass is 9.97. The molecule has 0 saturated carbocycles. The third-order valence-corrected chi connectivity index (χ3v) is 5.99. The van der Waals surface area contributed by atoms with Gasteiger partial charge in [0.2, 0.25) is 0 Å². The number of aryl methyl sites for hydroxylation is 2. The topological polar surface area (TPSA) is 78.2 Å². The van der Waals surface area contributed by atoms with Gasteiger partial charge in [0.15, 0.2) is 0 Å². The minimum atomic E-state index is -0.383. The van der Waals surface area contributed by atoms with Gasteiger partial charge in [-0.25, -0.2) is 4.79 Å². The zero-order chi connectivity index (χ0) is 24.2. The number of nitrogens with zero attached hydrogens (tertiary/aromatic N) is 1. The molecule has 34 heavy (non-hydrogen) atoms. The van der Waals surface area contributed by atoms with Crippen LogP contribution in [0, 0.1) is 6.92 Å². The molecule has 2 aromatic carbocycles. The first-order valence-corrected chi connectivity index (χ1v) is 11.6. The van der Waals surface area contributed by atoms with E-state index in [1.54, 1.807) is 7.11 Å². The van der Waals surface area contributed by atoms with Gasteiger partial charge in [-0.05, 0) is 62.4 Å². The van der Waals surface area contributed by atoms with E-state index in [9.17, 15) is 9.59 Å². The Kier molecular flexibility index (Phi) is 7.22. The fourth-order valence-corrected chi connectivity index (χ4v) is 4.38. The molecule has 7 nitrogen and oxygen atoms in total. The van der Waals surface area contributed by atoms with Crippen LogP contribution in [0.2, 0.25) is 0 Å². The predicted molar refractivity (Wildman–Crippen MR) is 129 cm³/mol. The Labute approximate surface area is 199 Å². The zero-order valence-electron chi connectivity index (χ0n) is 20.2. The van der Waals surface area contributed by atoms with Crippen LogP contribution in [0.5, 0.6) is 11.5 Å².